The van der Waals surface area contributed by atoms with Crippen molar-refractivity contribution >= 4 is 0 Å². The van der Waals surface area contributed by atoms with Crippen LogP contribution >= 0.6 is 0 Å². The van der Waals surface area contributed by atoms with Crippen molar-refractivity contribution in [2.75, 3.05) is 0 Å². The first-order valence-corrected chi connectivity index (χ1v) is 14.0. The summed E-state index contributed by atoms with van der Waals surface area (Å²) in [6.07, 6.45) is 8.86. The summed E-state index contributed by atoms with van der Waals surface area (Å²) in [6.45, 7) is 11.9. The normalized spacial score (nSPS) is 29.8. The Morgan fingerprint density at radius 3 is 1.86 bits per heavy atom. The largest absolute Gasteiger partial charge is 0.0619 e. The van der Waals surface area contributed by atoms with Gasteiger partial charge in [0.15, 0.2) is 0 Å². The van der Waals surface area contributed by atoms with E-state index in [1.54, 1.807) is 5.56 Å². The summed E-state index contributed by atoms with van der Waals surface area (Å²) in [5, 5.41) is 0. The van der Waals surface area contributed by atoms with Gasteiger partial charge in [-0.2, -0.15) is 0 Å². The lowest BCUT2D eigenvalue weighted by Gasteiger charge is -2.57. The predicted molar refractivity (Wildman–Crippen MR) is 148 cm³/mol. The Kier molecular flexibility index (Phi) is 4.45. The van der Waals surface area contributed by atoms with Crippen molar-refractivity contribution in [1.29, 1.82) is 0 Å². The first kappa shape index (κ1) is 21.9. The maximum Gasteiger partial charge on any atom is 0.0165 e. The van der Waals surface area contributed by atoms with Gasteiger partial charge < -0.3 is 0 Å². The smallest absolute Gasteiger partial charge is 0.0165 e. The topological polar surface area (TPSA) is 0 Å². The van der Waals surface area contributed by atoms with Gasteiger partial charge in [-0.15, -0.1) is 0 Å². The van der Waals surface area contributed by atoms with Gasteiger partial charge in [0.25, 0.3) is 0 Å². The molecule has 8 rings (SSSR count). The fraction of sp³-hybridized carbons (Fsp3) is 0.486. The highest BCUT2D eigenvalue weighted by atomic mass is 14.6. The number of rotatable bonds is 2. The van der Waals surface area contributed by atoms with Gasteiger partial charge in [-0.25, -0.2) is 0 Å². The maximum absolute atomic E-state index is 2.52. The quantitative estimate of drug-likeness (QED) is 0.357. The summed E-state index contributed by atoms with van der Waals surface area (Å²) >= 11 is 0. The number of fused-ring (bicyclic) bond motifs is 3. The van der Waals surface area contributed by atoms with Gasteiger partial charge in [0, 0.05) is 5.41 Å². The van der Waals surface area contributed by atoms with Gasteiger partial charge in [0.1, 0.15) is 0 Å². The van der Waals surface area contributed by atoms with Crippen LogP contribution in [0.2, 0.25) is 0 Å². The maximum atomic E-state index is 2.52. The van der Waals surface area contributed by atoms with Gasteiger partial charge in [-0.3, -0.25) is 0 Å². The Morgan fingerprint density at radius 1 is 0.686 bits per heavy atom. The average molecular weight is 461 g/mol. The summed E-state index contributed by atoms with van der Waals surface area (Å²) in [5.74, 6) is 2.98. The van der Waals surface area contributed by atoms with Crippen molar-refractivity contribution in [2.45, 2.75) is 89.4 Å². The van der Waals surface area contributed by atoms with E-state index in [1.807, 2.05) is 0 Å². The second-order valence-electron chi connectivity index (χ2n) is 14.1. The first-order valence-electron chi connectivity index (χ1n) is 14.0. The zero-order chi connectivity index (χ0) is 24.2. The van der Waals surface area contributed by atoms with E-state index in [4.69, 9.17) is 0 Å². The van der Waals surface area contributed by atoms with Crippen LogP contribution in [0.5, 0.6) is 0 Å². The SMILES string of the molecule is CC(C)(C)c1cc(-c2ccc(C34CC5CC(CC(C5)C3)C4)cc2)c2c(c1)-c1ccccc1C2(C)C. The molecule has 4 fully saturated rings. The van der Waals surface area contributed by atoms with Gasteiger partial charge in [-0.1, -0.05) is 95.3 Å². The van der Waals surface area contributed by atoms with Crippen LogP contribution in [0.4, 0.5) is 0 Å². The van der Waals surface area contributed by atoms with Gasteiger partial charge in [-0.05, 0) is 112 Å². The average Bonchev–Trinajstić information content (AvgIpc) is 3.05. The van der Waals surface area contributed by atoms with E-state index in [-0.39, 0.29) is 10.8 Å². The number of hydrogen-bond acceptors (Lipinski definition) is 0. The second kappa shape index (κ2) is 7.12. The van der Waals surface area contributed by atoms with Crippen LogP contribution in [-0.2, 0) is 16.2 Å². The van der Waals surface area contributed by atoms with E-state index >= 15 is 0 Å². The molecule has 3 aromatic carbocycles. The van der Waals surface area contributed by atoms with Crippen LogP contribution in [-0.4, -0.2) is 0 Å². The molecular formula is C35H40. The molecule has 5 aliphatic rings. The third-order valence-corrected chi connectivity index (χ3v) is 10.4. The van der Waals surface area contributed by atoms with Gasteiger partial charge in [0.2, 0.25) is 0 Å². The highest BCUT2D eigenvalue weighted by Crippen LogP contribution is 2.61. The molecule has 0 amide bonds. The third-order valence-electron chi connectivity index (χ3n) is 10.4. The summed E-state index contributed by atoms with van der Waals surface area (Å²) < 4.78 is 0. The predicted octanol–water partition coefficient (Wildman–Crippen LogP) is 9.43. The van der Waals surface area contributed by atoms with Crippen molar-refractivity contribution in [2.24, 2.45) is 17.8 Å². The molecule has 3 aromatic rings. The lowest BCUT2D eigenvalue weighted by molar-refractivity contribution is -0.00518. The van der Waals surface area contributed by atoms with Crippen LogP contribution in [0.25, 0.3) is 22.3 Å². The summed E-state index contributed by atoms with van der Waals surface area (Å²) in [6, 6.07) is 24.0. The van der Waals surface area contributed by atoms with E-state index in [2.05, 4.69) is 95.3 Å². The lowest BCUT2D eigenvalue weighted by atomic mass is 9.48. The lowest BCUT2D eigenvalue weighted by Crippen LogP contribution is -2.48. The van der Waals surface area contributed by atoms with E-state index in [1.165, 1.54) is 77.5 Å². The Balaban J connectivity index is 1.36. The molecule has 0 unspecified atom stereocenters. The van der Waals surface area contributed by atoms with E-state index in [9.17, 15) is 0 Å². The van der Waals surface area contributed by atoms with E-state index in [0.717, 1.165) is 17.8 Å². The van der Waals surface area contributed by atoms with Crippen molar-refractivity contribution in [3.8, 4) is 22.3 Å². The standard InChI is InChI=1S/C35H40/c1-33(2,3)27-17-29(32-30(18-27)28-8-6-7-9-31(28)34(32,4)5)25-10-12-26(13-11-25)35-19-22-14-23(20-35)16-24(15-22)21-35/h6-13,17-18,22-24H,14-16,19-21H2,1-5H3. The molecule has 0 aliphatic heterocycles. The summed E-state index contributed by atoms with van der Waals surface area (Å²) in [5.41, 5.74) is 12.3. The van der Waals surface area contributed by atoms with Gasteiger partial charge in [0.05, 0.1) is 0 Å². The van der Waals surface area contributed by atoms with Crippen molar-refractivity contribution in [3.05, 3.63) is 82.9 Å². The molecule has 0 N–H and O–H groups in total. The van der Waals surface area contributed by atoms with Crippen molar-refractivity contribution in [3.63, 3.8) is 0 Å². The van der Waals surface area contributed by atoms with Gasteiger partial charge >= 0.3 is 0 Å². The highest BCUT2D eigenvalue weighted by molar-refractivity contribution is 5.89. The second-order valence-corrected chi connectivity index (χ2v) is 14.1. The molecule has 0 heteroatoms. The zero-order valence-corrected chi connectivity index (χ0v) is 22.2. The van der Waals surface area contributed by atoms with Crippen LogP contribution in [0.1, 0.15) is 95.4 Å². The molecule has 0 spiro atoms. The molecule has 0 aromatic heterocycles. The molecule has 0 heterocycles. The monoisotopic (exact) mass is 460 g/mol. The van der Waals surface area contributed by atoms with Crippen LogP contribution in [0, 0.1) is 17.8 Å². The molecule has 0 radical (unpaired) electrons. The summed E-state index contributed by atoms with van der Waals surface area (Å²) in [4.78, 5) is 0. The molecule has 0 atom stereocenters. The minimum absolute atomic E-state index is 0.0102. The van der Waals surface area contributed by atoms with Crippen LogP contribution in [0.3, 0.4) is 0 Å². The Labute approximate surface area is 212 Å². The van der Waals surface area contributed by atoms with Crippen molar-refractivity contribution < 1.29 is 0 Å². The molecule has 35 heavy (non-hydrogen) atoms. The fourth-order valence-corrected chi connectivity index (χ4v) is 9.05. The van der Waals surface area contributed by atoms with Crippen LogP contribution in [0.15, 0.2) is 60.7 Å². The minimum Gasteiger partial charge on any atom is -0.0619 e. The first-order chi connectivity index (χ1) is 16.6. The Hall–Kier alpha value is -2.34. The molecule has 5 aliphatic carbocycles. The molecule has 180 valence electrons. The van der Waals surface area contributed by atoms with E-state index in [0.29, 0.717) is 5.41 Å². The molecule has 0 nitrogen and oxygen atoms in total. The zero-order valence-electron chi connectivity index (χ0n) is 22.2. The van der Waals surface area contributed by atoms with Crippen molar-refractivity contribution in [1.82, 2.24) is 0 Å². The third kappa shape index (κ3) is 3.18. The molecular weight excluding hydrogens is 420 g/mol. The van der Waals surface area contributed by atoms with Crippen LogP contribution < -0.4 is 0 Å². The number of benzene rings is 3. The highest BCUT2D eigenvalue weighted by Gasteiger charge is 2.51. The van der Waals surface area contributed by atoms with E-state index < -0.39 is 0 Å². The fourth-order valence-electron chi connectivity index (χ4n) is 9.05. The molecule has 4 bridgehead atoms. The Morgan fingerprint density at radius 2 is 1.26 bits per heavy atom. The summed E-state index contributed by atoms with van der Waals surface area (Å²) in [7, 11) is 0. The number of hydrogen-bond donors (Lipinski definition) is 0. The molecule has 4 saturated carbocycles. The minimum atomic E-state index is 0.0102. The Bertz CT molecular complexity index is 1280. The molecule has 0 saturated heterocycles.